The molecule has 1 saturated heterocycles. The van der Waals surface area contributed by atoms with E-state index in [9.17, 15) is 9.90 Å². The van der Waals surface area contributed by atoms with E-state index < -0.39 is 5.91 Å². The van der Waals surface area contributed by atoms with Crippen LogP contribution in [0.2, 0.25) is 0 Å². The molecule has 2 N–H and O–H groups in total. The highest BCUT2D eigenvalue weighted by Gasteiger charge is 2.19. The number of anilines is 1. The van der Waals surface area contributed by atoms with Crippen molar-refractivity contribution >= 4 is 32.6 Å². The summed E-state index contributed by atoms with van der Waals surface area (Å²) < 4.78 is 17.1. The minimum Gasteiger partial charge on any atom is -0.503 e. The zero-order chi connectivity index (χ0) is 18.8. The standard InChI is InChI=1S/C18H17N3O5S/c1-24-13-4-6-19-15(16(13)22)17(23)21-18-20-12-3-2-10(8-14(12)27-18)26-11-5-7-25-9-11/h2-4,6,8,11,22H,5,7,9H2,1H3,(H,20,21,23). The van der Waals surface area contributed by atoms with Gasteiger partial charge in [0, 0.05) is 18.7 Å². The average molecular weight is 387 g/mol. The molecule has 3 heterocycles. The van der Waals surface area contributed by atoms with E-state index in [4.69, 9.17) is 14.2 Å². The number of aromatic nitrogens is 2. The van der Waals surface area contributed by atoms with Gasteiger partial charge in [0.2, 0.25) is 0 Å². The number of amides is 1. The first-order valence-corrected chi connectivity index (χ1v) is 9.14. The molecule has 0 saturated carbocycles. The second kappa shape index (κ2) is 7.37. The Morgan fingerprint density at radius 2 is 2.30 bits per heavy atom. The topological polar surface area (TPSA) is 103 Å². The van der Waals surface area contributed by atoms with Crippen molar-refractivity contribution in [3.63, 3.8) is 0 Å². The van der Waals surface area contributed by atoms with E-state index in [1.54, 1.807) is 0 Å². The number of hydrogen-bond acceptors (Lipinski definition) is 8. The molecule has 1 aromatic carbocycles. The summed E-state index contributed by atoms with van der Waals surface area (Å²) in [7, 11) is 1.40. The molecule has 1 aliphatic heterocycles. The van der Waals surface area contributed by atoms with E-state index in [1.165, 1.54) is 30.7 Å². The highest BCUT2D eigenvalue weighted by atomic mass is 32.1. The van der Waals surface area contributed by atoms with Crippen molar-refractivity contribution in [2.45, 2.75) is 12.5 Å². The number of ether oxygens (including phenoxy) is 3. The van der Waals surface area contributed by atoms with E-state index in [1.807, 2.05) is 18.2 Å². The Morgan fingerprint density at radius 1 is 1.41 bits per heavy atom. The quantitative estimate of drug-likeness (QED) is 0.694. The summed E-state index contributed by atoms with van der Waals surface area (Å²) in [6.45, 7) is 1.31. The number of rotatable bonds is 5. The van der Waals surface area contributed by atoms with Gasteiger partial charge in [0.1, 0.15) is 11.9 Å². The highest BCUT2D eigenvalue weighted by molar-refractivity contribution is 7.22. The zero-order valence-corrected chi connectivity index (χ0v) is 15.3. The third-order valence-electron chi connectivity index (χ3n) is 4.09. The Labute approximate surface area is 158 Å². The molecule has 0 spiro atoms. The van der Waals surface area contributed by atoms with Gasteiger partial charge in [-0.15, -0.1) is 0 Å². The molecule has 8 nitrogen and oxygen atoms in total. The summed E-state index contributed by atoms with van der Waals surface area (Å²) in [5.74, 6) is 0.0434. The molecule has 3 aromatic rings. The number of hydrogen-bond donors (Lipinski definition) is 2. The fourth-order valence-electron chi connectivity index (χ4n) is 2.75. The van der Waals surface area contributed by atoms with Crippen molar-refractivity contribution in [2.24, 2.45) is 0 Å². The van der Waals surface area contributed by atoms with Gasteiger partial charge < -0.3 is 19.3 Å². The maximum Gasteiger partial charge on any atom is 0.280 e. The van der Waals surface area contributed by atoms with Gasteiger partial charge in [-0.2, -0.15) is 0 Å². The number of fused-ring (bicyclic) bond motifs is 1. The number of thiazole rings is 1. The number of carbonyl (C=O) groups is 1. The maximum atomic E-state index is 12.4. The number of pyridine rings is 1. The fraction of sp³-hybridized carbons (Fsp3) is 0.278. The predicted molar refractivity (Wildman–Crippen MR) is 99.9 cm³/mol. The number of aromatic hydroxyl groups is 1. The normalized spacial score (nSPS) is 16.4. The molecule has 0 radical (unpaired) electrons. The third-order valence-corrected chi connectivity index (χ3v) is 5.03. The SMILES string of the molecule is COc1ccnc(C(=O)Nc2nc3ccc(OC4CCOC4)cc3s2)c1O. The zero-order valence-electron chi connectivity index (χ0n) is 14.5. The lowest BCUT2D eigenvalue weighted by atomic mass is 10.3. The average Bonchev–Trinajstić information content (AvgIpc) is 3.30. The Bertz CT molecular complexity index is 984. The van der Waals surface area contributed by atoms with E-state index in [-0.39, 0.29) is 23.3 Å². The first kappa shape index (κ1) is 17.5. The maximum absolute atomic E-state index is 12.4. The van der Waals surface area contributed by atoms with E-state index >= 15 is 0 Å². The Morgan fingerprint density at radius 3 is 3.07 bits per heavy atom. The number of methoxy groups -OCH3 is 1. The van der Waals surface area contributed by atoms with Crippen LogP contribution < -0.4 is 14.8 Å². The molecule has 9 heteroatoms. The van der Waals surface area contributed by atoms with Crippen molar-refractivity contribution in [3.05, 3.63) is 36.2 Å². The molecule has 1 fully saturated rings. The van der Waals surface area contributed by atoms with Gasteiger partial charge in [-0.3, -0.25) is 10.1 Å². The second-order valence-corrected chi connectivity index (χ2v) is 6.95. The first-order valence-electron chi connectivity index (χ1n) is 8.32. The number of nitrogens with zero attached hydrogens (tertiary/aromatic N) is 2. The number of nitrogens with one attached hydrogen (secondary N) is 1. The van der Waals surface area contributed by atoms with Gasteiger partial charge in [0.15, 0.2) is 22.3 Å². The Balaban J connectivity index is 1.53. The molecular formula is C18H17N3O5S. The molecule has 140 valence electrons. The van der Waals surface area contributed by atoms with Crippen molar-refractivity contribution in [3.8, 4) is 17.2 Å². The largest absolute Gasteiger partial charge is 0.503 e. The van der Waals surface area contributed by atoms with Gasteiger partial charge in [-0.05, 0) is 18.2 Å². The number of carbonyl (C=O) groups excluding carboxylic acids is 1. The van der Waals surface area contributed by atoms with Crippen LogP contribution in [0.1, 0.15) is 16.9 Å². The molecule has 1 amide bonds. The minimum atomic E-state index is -0.565. The smallest absolute Gasteiger partial charge is 0.280 e. The second-order valence-electron chi connectivity index (χ2n) is 5.92. The Hall–Kier alpha value is -2.91. The molecule has 4 rings (SSSR count). The van der Waals surface area contributed by atoms with Gasteiger partial charge in [0.25, 0.3) is 5.91 Å². The third kappa shape index (κ3) is 3.64. The van der Waals surface area contributed by atoms with E-state index in [0.29, 0.717) is 11.7 Å². The van der Waals surface area contributed by atoms with Crippen molar-refractivity contribution in [2.75, 3.05) is 25.6 Å². The van der Waals surface area contributed by atoms with E-state index in [0.717, 1.165) is 29.0 Å². The van der Waals surface area contributed by atoms with Crippen molar-refractivity contribution in [1.82, 2.24) is 9.97 Å². The van der Waals surface area contributed by atoms with Crippen molar-refractivity contribution < 1.29 is 24.1 Å². The molecule has 0 bridgehead atoms. The van der Waals surface area contributed by atoms with Crippen molar-refractivity contribution in [1.29, 1.82) is 0 Å². The van der Waals surface area contributed by atoms with Gasteiger partial charge >= 0.3 is 0 Å². The molecule has 2 aromatic heterocycles. The summed E-state index contributed by atoms with van der Waals surface area (Å²) in [6, 6.07) is 7.05. The van der Waals surface area contributed by atoms with Crippen LogP contribution in [0.3, 0.4) is 0 Å². The van der Waals surface area contributed by atoms with Gasteiger partial charge in [0.05, 0.1) is 30.5 Å². The lowest BCUT2D eigenvalue weighted by Crippen LogP contribution is -2.15. The summed E-state index contributed by atoms with van der Waals surface area (Å²) in [4.78, 5) is 20.7. The van der Waals surface area contributed by atoms with Crippen LogP contribution in [0.5, 0.6) is 17.2 Å². The Kier molecular flexibility index (Phi) is 4.78. The minimum absolute atomic E-state index is 0.0663. The lowest BCUT2D eigenvalue weighted by Gasteiger charge is -2.11. The molecule has 1 unspecified atom stereocenters. The van der Waals surface area contributed by atoms with E-state index in [2.05, 4.69) is 15.3 Å². The van der Waals surface area contributed by atoms with Crippen LogP contribution in [-0.2, 0) is 4.74 Å². The van der Waals surface area contributed by atoms with Crippen LogP contribution in [0.25, 0.3) is 10.2 Å². The van der Waals surface area contributed by atoms with Gasteiger partial charge in [-0.25, -0.2) is 9.97 Å². The van der Waals surface area contributed by atoms with Crippen LogP contribution in [0, 0.1) is 0 Å². The van der Waals surface area contributed by atoms with Crippen LogP contribution in [0.15, 0.2) is 30.5 Å². The fourth-order valence-corrected chi connectivity index (χ4v) is 3.64. The lowest BCUT2D eigenvalue weighted by molar-refractivity contribution is 0.101. The summed E-state index contributed by atoms with van der Waals surface area (Å²) in [5, 5.41) is 13.1. The molecule has 1 atom stereocenters. The summed E-state index contributed by atoms with van der Waals surface area (Å²) >= 11 is 1.31. The summed E-state index contributed by atoms with van der Waals surface area (Å²) in [5.41, 5.74) is 0.618. The molecule has 0 aliphatic carbocycles. The van der Waals surface area contributed by atoms with Gasteiger partial charge in [-0.1, -0.05) is 11.3 Å². The predicted octanol–water partition coefficient (Wildman–Crippen LogP) is 2.83. The first-order chi connectivity index (χ1) is 13.1. The van der Waals surface area contributed by atoms with Crippen LogP contribution in [-0.4, -0.2) is 47.4 Å². The van der Waals surface area contributed by atoms with Crippen LogP contribution in [0.4, 0.5) is 5.13 Å². The molecular weight excluding hydrogens is 370 g/mol. The van der Waals surface area contributed by atoms with Crippen LogP contribution >= 0.6 is 11.3 Å². The summed E-state index contributed by atoms with van der Waals surface area (Å²) in [6.07, 6.45) is 2.33. The highest BCUT2D eigenvalue weighted by Crippen LogP contribution is 2.32. The number of benzene rings is 1. The monoisotopic (exact) mass is 387 g/mol. The molecule has 1 aliphatic rings. The molecule has 27 heavy (non-hydrogen) atoms.